The molecule has 1 aliphatic rings. The van der Waals surface area contributed by atoms with Gasteiger partial charge < -0.3 is 0 Å². The second-order valence-corrected chi connectivity index (χ2v) is 8.36. The fourth-order valence-corrected chi connectivity index (χ4v) is 3.22. The van der Waals surface area contributed by atoms with E-state index in [9.17, 15) is 14.6 Å². The van der Waals surface area contributed by atoms with Crippen molar-refractivity contribution in [3.05, 3.63) is 33.4 Å². The monoisotopic (exact) mass is 414 g/mol. The lowest BCUT2D eigenvalue weighted by Gasteiger charge is -2.21. The van der Waals surface area contributed by atoms with Crippen molar-refractivity contribution in [3.63, 3.8) is 0 Å². The van der Waals surface area contributed by atoms with Crippen LogP contribution in [0.5, 0.6) is 0 Å². The van der Waals surface area contributed by atoms with E-state index in [1.807, 2.05) is 12.1 Å². The first-order valence-electron chi connectivity index (χ1n) is 6.23. The molecule has 0 atom stereocenters. The number of hydrogen-bond donors (Lipinski definition) is 2. The molecule has 6 nitrogen and oxygen atoms in total. The Morgan fingerprint density at radius 1 is 0.950 bits per heavy atom. The summed E-state index contributed by atoms with van der Waals surface area (Å²) in [5.74, 6) is 0.661. The smallest absolute Gasteiger partial charge is 0.230 e. The zero-order chi connectivity index (χ0) is 15.2. The molecule has 20 heavy (non-hydrogen) atoms. The molecule has 1 fully saturated rings. The van der Waals surface area contributed by atoms with E-state index in [0.717, 1.165) is 0 Å². The van der Waals surface area contributed by atoms with Gasteiger partial charge in [-0.25, -0.2) is 16.4 Å². The Balaban J connectivity index is 0.000000347. The van der Waals surface area contributed by atoms with Crippen molar-refractivity contribution in [3.8, 4) is 0 Å². The molecule has 0 saturated heterocycles. The Labute approximate surface area is 126 Å². The summed E-state index contributed by atoms with van der Waals surface area (Å²) in [6.07, 6.45) is 6.50. The van der Waals surface area contributed by atoms with Crippen LogP contribution in [0, 0.1) is 3.57 Å². The third-order valence-electron chi connectivity index (χ3n) is 3.12. The van der Waals surface area contributed by atoms with Crippen molar-refractivity contribution >= 4 is 30.0 Å². The highest BCUT2D eigenvalue weighted by Gasteiger charge is 2.15. The van der Waals surface area contributed by atoms with Crippen molar-refractivity contribution in [2.24, 2.45) is 10.3 Å². The first-order chi connectivity index (χ1) is 9.27. The maximum Gasteiger partial charge on any atom is 0.340 e. The molecule has 0 heterocycles. The Hall–Kier alpha value is -0.580. The quantitative estimate of drug-likeness (QED) is 0.721. The summed E-state index contributed by atoms with van der Waals surface area (Å²) in [6.45, 7) is 0. The van der Waals surface area contributed by atoms with Gasteiger partial charge >= 0.3 is 19.8 Å². The van der Waals surface area contributed by atoms with Gasteiger partial charge in [0, 0.05) is 0 Å². The van der Waals surface area contributed by atoms with Gasteiger partial charge in [-0.05, 0) is 36.5 Å². The van der Waals surface area contributed by atoms with Crippen LogP contribution < -0.4 is 10.3 Å². The summed E-state index contributed by atoms with van der Waals surface area (Å²) in [5.41, 5.74) is 1.32. The van der Waals surface area contributed by atoms with Crippen LogP contribution in [0.25, 0.3) is 0 Å². The van der Waals surface area contributed by atoms with Crippen LogP contribution in [0.1, 0.15) is 43.6 Å². The molecule has 1 aromatic carbocycles. The third kappa shape index (κ3) is 7.27. The van der Waals surface area contributed by atoms with Gasteiger partial charge in [-0.3, -0.25) is 0 Å². The predicted molar refractivity (Wildman–Crippen MR) is 83.7 cm³/mol. The zero-order valence-electron chi connectivity index (χ0n) is 11.0. The normalized spacial score (nSPS) is 16.6. The summed E-state index contributed by atoms with van der Waals surface area (Å²) >= 11 is -3.25. The van der Waals surface area contributed by atoms with Gasteiger partial charge in [-0.1, -0.05) is 31.4 Å². The van der Waals surface area contributed by atoms with E-state index in [1.54, 1.807) is 12.1 Å². The van der Waals surface area contributed by atoms with Crippen LogP contribution in [0.4, 0.5) is 0 Å². The number of benzene rings is 1. The molecule has 0 amide bonds. The Kier molecular flexibility index (Phi) is 7.00. The van der Waals surface area contributed by atoms with Crippen LogP contribution in [-0.2, 0) is 16.3 Å². The van der Waals surface area contributed by atoms with Crippen molar-refractivity contribution in [1.82, 2.24) is 0 Å². The van der Waals surface area contributed by atoms with Crippen molar-refractivity contribution < 1.29 is 14.6 Å². The van der Waals surface area contributed by atoms with Crippen LogP contribution in [-0.4, -0.2) is 8.42 Å². The van der Waals surface area contributed by atoms with E-state index < -0.39 is 30.0 Å². The predicted octanol–water partition coefficient (Wildman–Crippen LogP) is 2.25. The number of nitrogens with two attached hydrogens (primary N) is 2. The fraction of sp³-hybridized carbons (Fsp3) is 0.500. The molecule has 1 aromatic rings. The fourth-order valence-electron chi connectivity index (χ4n) is 2.27. The molecule has 0 unspecified atom stereocenters. The molecule has 0 radical (unpaired) electrons. The molecule has 1 aliphatic carbocycles. The minimum Gasteiger partial charge on any atom is -0.230 e. The van der Waals surface area contributed by atoms with E-state index in [2.05, 4.69) is 10.3 Å². The van der Waals surface area contributed by atoms with E-state index in [0.29, 0.717) is 9.49 Å². The maximum absolute atomic E-state index is 10.8. The summed E-state index contributed by atoms with van der Waals surface area (Å²) < 4.78 is 40.5. The highest BCUT2D eigenvalue weighted by atomic mass is 127. The molecule has 0 spiro atoms. The zero-order valence-corrected chi connectivity index (χ0v) is 14.0. The van der Waals surface area contributed by atoms with Crippen LogP contribution in [0.2, 0.25) is 0 Å². The maximum atomic E-state index is 10.8. The van der Waals surface area contributed by atoms with Crippen LogP contribution >= 0.6 is 19.8 Å². The van der Waals surface area contributed by atoms with Gasteiger partial charge in [0.15, 0.2) is 0 Å². The molecule has 0 bridgehead atoms. The Morgan fingerprint density at radius 3 is 1.80 bits per heavy atom. The standard InChI is InChI=1S/C12H15IO2.H4N2O2S/c14-13(15)12-8-6-11(7-9-12)10-4-2-1-3-5-10;1-5(2,3)4/h6-10H,1-5H2;(H4,1,2,3,4). The summed E-state index contributed by atoms with van der Waals surface area (Å²) in [6, 6.07) is 7.50. The minimum absolute atomic E-state index is 0.513. The van der Waals surface area contributed by atoms with Gasteiger partial charge in [0.25, 0.3) is 10.2 Å². The van der Waals surface area contributed by atoms with Gasteiger partial charge in [-0.2, -0.15) is 8.42 Å². The summed E-state index contributed by atoms with van der Waals surface area (Å²) in [7, 11) is -3.67. The van der Waals surface area contributed by atoms with Crippen molar-refractivity contribution in [1.29, 1.82) is 0 Å². The lowest BCUT2D eigenvalue weighted by molar-refractivity contribution is 0.443. The average molecular weight is 414 g/mol. The number of rotatable bonds is 2. The second-order valence-electron chi connectivity index (χ2n) is 4.69. The average Bonchev–Trinajstić information content (AvgIpc) is 2.38. The highest BCUT2D eigenvalue weighted by Crippen LogP contribution is 2.33. The first kappa shape index (κ1) is 17.5. The van der Waals surface area contributed by atoms with Crippen molar-refractivity contribution in [2.75, 3.05) is 0 Å². The molecule has 0 aliphatic heterocycles. The largest absolute Gasteiger partial charge is 0.340 e. The molecule has 4 N–H and O–H groups in total. The van der Waals surface area contributed by atoms with E-state index in [1.165, 1.54) is 37.7 Å². The van der Waals surface area contributed by atoms with Gasteiger partial charge in [0.1, 0.15) is 0 Å². The molecule has 114 valence electrons. The minimum atomic E-state index is -3.67. The number of hydrogen-bond acceptors (Lipinski definition) is 4. The first-order valence-corrected chi connectivity index (χ1v) is 10.7. The van der Waals surface area contributed by atoms with Gasteiger partial charge in [0.05, 0.1) is 3.57 Å². The molecular weight excluding hydrogens is 395 g/mol. The van der Waals surface area contributed by atoms with E-state index in [-0.39, 0.29) is 0 Å². The van der Waals surface area contributed by atoms with Gasteiger partial charge in [-0.15, -0.1) is 0 Å². The van der Waals surface area contributed by atoms with E-state index >= 15 is 0 Å². The van der Waals surface area contributed by atoms with Crippen LogP contribution in [0.3, 0.4) is 0 Å². The topological polar surface area (TPSA) is 120 Å². The van der Waals surface area contributed by atoms with Gasteiger partial charge in [0.2, 0.25) is 0 Å². The summed E-state index contributed by atoms with van der Waals surface area (Å²) in [5, 5.41) is 8.21. The molecule has 2 rings (SSSR count). The lowest BCUT2D eigenvalue weighted by atomic mass is 9.84. The second kappa shape index (κ2) is 8.01. The Morgan fingerprint density at radius 2 is 1.40 bits per heavy atom. The molecular formula is C12H19IN2O4S. The number of halogens is 1. The van der Waals surface area contributed by atoms with Crippen molar-refractivity contribution in [2.45, 2.75) is 38.0 Å². The summed E-state index contributed by atoms with van der Waals surface area (Å²) in [4.78, 5) is 0. The molecule has 0 aromatic heterocycles. The highest BCUT2D eigenvalue weighted by molar-refractivity contribution is 14.2. The van der Waals surface area contributed by atoms with Crippen LogP contribution in [0.15, 0.2) is 24.3 Å². The SMILES string of the molecule is NS(N)(=O)=O.O=I(=O)c1ccc(C2CCCCC2)cc1. The molecule has 1 saturated carbocycles. The third-order valence-corrected chi connectivity index (χ3v) is 4.86. The Bertz CT molecular complexity index is 574. The molecule has 8 heteroatoms. The van der Waals surface area contributed by atoms with E-state index in [4.69, 9.17) is 0 Å². The lowest BCUT2D eigenvalue weighted by Crippen LogP contribution is -2.21.